The molecule has 1 aliphatic rings. The first-order valence-corrected chi connectivity index (χ1v) is 15.6. The fourth-order valence-electron chi connectivity index (χ4n) is 5.00. The average molecular weight is 578 g/mol. The van der Waals surface area contributed by atoms with Crippen molar-refractivity contribution in [3.8, 4) is 5.75 Å². The van der Waals surface area contributed by atoms with Crippen LogP contribution in [-0.2, 0) is 32.6 Å². The highest BCUT2D eigenvalue weighted by Crippen LogP contribution is 2.26. The number of aryl methyl sites for hydroxylation is 1. The predicted molar refractivity (Wildman–Crippen MR) is 159 cm³/mol. The Balaban J connectivity index is 1.56. The zero-order valence-corrected chi connectivity index (χ0v) is 24.6. The summed E-state index contributed by atoms with van der Waals surface area (Å²) < 4.78 is 32.6. The molecule has 1 heterocycles. The molecule has 218 valence electrons. The van der Waals surface area contributed by atoms with E-state index in [1.165, 1.54) is 4.31 Å². The van der Waals surface area contributed by atoms with Gasteiger partial charge in [-0.25, -0.2) is 8.42 Å². The molecule has 1 aliphatic heterocycles. The summed E-state index contributed by atoms with van der Waals surface area (Å²) in [4.78, 5) is 29.2. The lowest BCUT2D eigenvalue weighted by Crippen LogP contribution is -2.43. The molecular formula is C32H39N3O5S. The zero-order chi connectivity index (χ0) is 29.2. The van der Waals surface area contributed by atoms with Gasteiger partial charge >= 0.3 is 0 Å². The van der Waals surface area contributed by atoms with Gasteiger partial charge in [-0.05, 0) is 66.6 Å². The number of carbonyl (C=O) groups is 2. The van der Waals surface area contributed by atoms with E-state index < -0.39 is 16.1 Å². The number of nitrogens with one attached hydrogen (secondary N) is 1. The number of hydrogen-bond acceptors (Lipinski definition) is 5. The van der Waals surface area contributed by atoms with Gasteiger partial charge in [0.2, 0.25) is 21.8 Å². The Kier molecular flexibility index (Phi) is 10.5. The number of amides is 2. The van der Waals surface area contributed by atoms with Crippen molar-refractivity contribution >= 4 is 21.8 Å². The van der Waals surface area contributed by atoms with Crippen LogP contribution in [0.2, 0.25) is 0 Å². The highest BCUT2D eigenvalue weighted by molar-refractivity contribution is 7.89. The molecule has 3 aromatic rings. The van der Waals surface area contributed by atoms with Crippen LogP contribution >= 0.6 is 0 Å². The second-order valence-electron chi connectivity index (χ2n) is 10.2. The van der Waals surface area contributed by atoms with Gasteiger partial charge in [0.15, 0.2) is 0 Å². The van der Waals surface area contributed by atoms with Gasteiger partial charge in [0, 0.05) is 32.6 Å². The summed E-state index contributed by atoms with van der Waals surface area (Å²) >= 11 is 0. The Morgan fingerprint density at radius 3 is 2.17 bits per heavy atom. The molecule has 1 fully saturated rings. The Morgan fingerprint density at radius 2 is 1.56 bits per heavy atom. The standard InChI is InChI=1S/C32H39N3O5S/c1-3-21-33-32(37)31(27-9-5-4-6-10-27)35(24-26-11-16-28(40-2)17-12-26)30(36)20-15-25-13-18-29(19-14-25)41(38,39)34-22-7-8-23-34/h4-6,9-14,16-19,31H,3,7-8,15,20-24H2,1-2H3,(H,33,37)/t31-/m1/s1. The van der Waals surface area contributed by atoms with E-state index >= 15 is 0 Å². The highest BCUT2D eigenvalue weighted by Gasteiger charge is 2.31. The summed E-state index contributed by atoms with van der Waals surface area (Å²) in [5.74, 6) is 0.314. The Labute approximate surface area is 243 Å². The molecule has 9 heteroatoms. The third-order valence-corrected chi connectivity index (χ3v) is 9.22. The molecule has 0 bridgehead atoms. The molecule has 1 atom stereocenters. The van der Waals surface area contributed by atoms with Crippen molar-refractivity contribution in [1.29, 1.82) is 0 Å². The molecular weight excluding hydrogens is 538 g/mol. The first-order chi connectivity index (χ1) is 19.8. The lowest BCUT2D eigenvalue weighted by atomic mass is 10.0. The quantitative estimate of drug-likeness (QED) is 0.318. The van der Waals surface area contributed by atoms with Crippen LogP contribution in [0.25, 0.3) is 0 Å². The smallest absolute Gasteiger partial charge is 0.247 e. The van der Waals surface area contributed by atoms with E-state index in [1.54, 1.807) is 36.3 Å². The highest BCUT2D eigenvalue weighted by atomic mass is 32.2. The Hall–Kier alpha value is -3.69. The number of carbonyl (C=O) groups excluding carboxylic acids is 2. The lowest BCUT2D eigenvalue weighted by molar-refractivity contribution is -0.141. The molecule has 0 saturated carbocycles. The fourth-order valence-corrected chi connectivity index (χ4v) is 6.52. The third-order valence-electron chi connectivity index (χ3n) is 7.31. The van der Waals surface area contributed by atoms with Gasteiger partial charge in [0.05, 0.1) is 12.0 Å². The molecule has 1 saturated heterocycles. The van der Waals surface area contributed by atoms with E-state index in [0.717, 1.165) is 36.0 Å². The van der Waals surface area contributed by atoms with Crippen LogP contribution in [0.15, 0.2) is 83.8 Å². The lowest BCUT2D eigenvalue weighted by Gasteiger charge is -2.32. The maximum Gasteiger partial charge on any atom is 0.247 e. The molecule has 41 heavy (non-hydrogen) atoms. The molecule has 2 amide bonds. The van der Waals surface area contributed by atoms with Crippen molar-refractivity contribution in [3.05, 3.63) is 95.6 Å². The maximum absolute atomic E-state index is 13.9. The van der Waals surface area contributed by atoms with Crippen LogP contribution in [0.5, 0.6) is 5.75 Å². The number of benzene rings is 3. The van der Waals surface area contributed by atoms with E-state index in [0.29, 0.717) is 31.8 Å². The van der Waals surface area contributed by atoms with Gasteiger partial charge in [-0.3, -0.25) is 9.59 Å². The maximum atomic E-state index is 13.9. The first kappa shape index (κ1) is 30.3. The van der Waals surface area contributed by atoms with Crippen molar-refractivity contribution in [2.45, 2.75) is 56.5 Å². The summed E-state index contributed by atoms with van der Waals surface area (Å²) in [6, 6.07) is 22.8. The average Bonchev–Trinajstić information content (AvgIpc) is 3.56. The number of hydrogen-bond donors (Lipinski definition) is 1. The van der Waals surface area contributed by atoms with Crippen molar-refractivity contribution in [2.75, 3.05) is 26.7 Å². The van der Waals surface area contributed by atoms with Crippen molar-refractivity contribution in [2.24, 2.45) is 0 Å². The monoisotopic (exact) mass is 577 g/mol. The van der Waals surface area contributed by atoms with Crippen LogP contribution in [-0.4, -0.2) is 56.2 Å². The van der Waals surface area contributed by atoms with Crippen molar-refractivity contribution < 1.29 is 22.7 Å². The number of nitrogens with zero attached hydrogens (tertiary/aromatic N) is 2. The van der Waals surface area contributed by atoms with Gasteiger partial charge in [-0.1, -0.05) is 61.5 Å². The molecule has 0 aromatic heterocycles. The summed E-state index contributed by atoms with van der Waals surface area (Å²) in [7, 11) is -1.89. The number of sulfonamides is 1. The van der Waals surface area contributed by atoms with Gasteiger partial charge in [0.1, 0.15) is 11.8 Å². The van der Waals surface area contributed by atoms with Crippen molar-refractivity contribution in [3.63, 3.8) is 0 Å². The molecule has 8 nitrogen and oxygen atoms in total. The van der Waals surface area contributed by atoms with E-state index in [-0.39, 0.29) is 29.7 Å². The molecule has 1 N–H and O–H groups in total. The van der Waals surface area contributed by atoms with Crippen LogP contribution in [0, 0.1) is 0 Å². The van der Waals surface area contributed by atoms with Crippen LogP contribution in [0.4, 0.5) is 0 Å². The van der Waals surface area contributed by atoms with Gasteiger partial charge in [-0.15, -0.1) is 0 Å². The summed E-state index contributed by atoms with van der Waals surface area (Å²) in [6.07, 6.45) is 3.13. The minimum Gasteiger partial charge on any atom is -0.497 e. The molecule has 3 aromatic carbocycles. The summed E-state index contributed by atoms with van der Waals surface area (Å²) in [6.45, 7) is 3.85. The minimum atomic E-state index is -3.49. The second-order valence-corrected chi connectivity index (χ2v) is 12.2. The molecule has 4 rings (SSSR count). The fraction of sp³-hybridized carbons (Fsp3) is 0.375. The van der Waals surface area contributed by atoms with Gasteiger partial charge in [-0.2, -0.15) is 4.31 Å². The molecule has 0 unspecified atom stereocenters. The second kappa shape index (κ2) is 14.3. The van der Waals surface area contributed by atoms with E-state index in [1.807, 2.05) is 61.5 Å². The normalized spacial score (nSPS) is 14.4. The molecule has 0 aliphatic carbocycles. The van der Waals surface area contributed by atoms with E-state index in [2.05, 4.69) is 5.32 Å². The molecule has 0 spiro atoms. The van der Waals surface area contributed by atoms with Crippen LogP contribution in [0.3, 0.4) is 0 Å². The van der Waals surface area contributed by atoms with Crippen molar-refractivity contribution in [1.82, 2.24) is 14.5 Å². The SMILES string of the molecule is CCCNC(=O)[C@@H](c1ccccc1)N(Cc1ccc(OC)cc1)C(=O)CCc1ccc(S(=O)(=O)N2CCCC2)cc1. The Morgan fingerprint density at radius 1 is 0.927 bits per heavy atom. The van der Waals surface area contributed by atoms with Crippen LogP contribution < -0.4 is 10.1 Å². The Bertz CT molecular complexity index is 1390. The topological polar surface area (TPSA) is 96.0 Å². The summed E-state index contributed by atoms with van der Waals surface area (Å²) in [5.41, 5.74) is 2.47. The summed E-state index contributed by atoms with van der Waals surface area (Å²) in [5, 5.41) is 2.97. The van der Waals surface area contributed by atoms with E-state index in [9.17, 15) is 18.0 Å². The van der Waals surface area contributed by atoms with Crippen LogP contribution in [0.1, 0.15) is 55.3 Å². The molecule has 0 radical (unpaired) electrons. The largest absolute Gasteiger partial charge is 0.497 e. The van der Waals surface area contributed by atoms with Gasteiger partial charge in [0.25, 0.3) is 0 Å². The number of ether oxygens (including phenoxy) is 1. The van der Waals surface area contributed by atoms with E-state index in [4.69, 9.17) is 4.74 Å². The van der Waals surface area contributed by atoms with Gasteiger partial charge < -0.3 is 15.0 Å². The third kappa shape index (κ3) is 7.74. The zero-order valence-electron chi connectivity index (χ0n) is 23.8. The predicted octanol–water partition coefficient (Wildman–Crippen LogP) is 4.71. The number of methoxy groups -OCH3 is 1. The minimum absolute atomic E-state index is 0.165. The first-order valence-electron chi connectivity index (χ1n) is 14.2. The number of rotatable bonds is 13.